The summed E-state index contributed by atoms with van der Waals surface area (Å²) >= 11 is 9.90. The van der Waals surface area contributed by atoms with Gasteiger partial charge in [-0.1, -0.05) is 11.6 Å². The van der Waals surface area contributed by atoms with Crippen LogP contribution in [-0.2, 0) is 0 Å². The molecule has 0 atom stereocenters. The van der Waals surface area contributed by atoms with Gasteiger partial charge in [0.1, 0.15) is 0 Å². The van der Waals surface area contributed by atoms with Crippen LogP contribution in [0.5, 0.6) is 0 Å². The van der Waals surface area contributed by atoms with Crippen molar-refractivity contribution in [2.24, 2.45) is 0 Å². The summed E-state index contributed by atoms with van der Waals surface area (Å²) < 4.78 is 2.40. The van der Waals surface area contributed by atoms with Gasteiger partial charge in [0.15, 0.2) is 0 Å². The Bertz CT molecular complexity index is 398. The number of hydrogen-bond acceptors (Lipinski definition) is 2. The molecule has 2 aromatic rings. The number of pyridine rings is 1. The molecule has 4 heteroatoms. The van der Waals surface area contributed by atoms with Crippen LogP contribution in [0.4, 0.5) is 0 Å². The molecular weight excluding hydrogens is 293 g/mol. The van der Waals surface area contributed by atoms with E-state index in [1.54, 1.807) is 17.5 Å². The third kappa shape index (κ3) is 1.37. The highest BCUT2D eigenvalue weighted by molar-refractivity contribution is 14.1. The van der Waals surface area contributed by atoms with Gasteiger partial charge < -0.3 is 0 Å². The Morgan fingerprint density at radius 2 is 2.27 bits per heavy atom. The molecule has 56 valence electrons. The Kier molecular flexibility index (Phi) is 2.03. The number of thiophene rings is 1. The highest BCUT2D eigenvalue weighted by Gasteiger charge is 2.02. The Labute approximate surface area is 86.5 Å². The van der Waals surface area contributed by atoms with Crippen LogP contribution < -0.4 is 0 Å². The SMILES string of the molecule is Clc1cncc2sc(I)cc12. The molecule has 0 amide bonds. The van der Waals surface area contributed by atoms with Crippen molar-refractivity contribution in [3.05, 3.63) is 26.4 Å². The van der Waals surface area contributed by atoms with E-state index in [2.05, 4.69) is 33.6 Å². The summed E-state index contributed by atoms with van der Waals surface area (Å²) in [5.41, 5.74) is 0. The van der Waals surface area contributed by atoms with Crippen molar-refractivity contribution in [1.29, 1.82) is 0 Å². The van der Waals surface area contributed by atoms with Crippen molar-refractivity contribution in [2.45, 2.75) is 0 Å². The van der Waals surface area contributed by atoms with Crippen LogP contribution >= 0.6 is 45.5 Å². The number of aromatic nitrogens is 1. The summed E-state index contributed by atoms with van der Waals surface area (Å²) in [6, 6.07) is 2.07. The fourth-order valence-electron chi connectivity index (χ4n) is 0.897. The van der Waals surface area contributed by atoms with Crippen LogP contribution in [0.1, 0.15) is 0 Å². The van der Waals surface area contributed by atoms with Crippen molar-refractivity contribution in [3.63, 3.8) is 0 Å². The first kappa shape index (κ1) is 7.76. The molecule has 2 rings (SSSR count). The van der Waals surface area contributed by atoms with Gasteiger partial charge in [0.2, 0.25) is 0 Å². The molecule has 0 bridgehead atoms. The van der Waals surface area contributed by atoms with Crippen LogP contribution in [0.3, 0.4) is 0 Å². The predicted octanol–water partition coefficient (Wildman–Crippen LogP) is 3.55. The van der Waals surface area contributed by atoms with E-state index in [0.29, 0.717) is 0 Å². The summed E-state index contributed by atoms with van der Waals surface area (Å²) in [6.07, 6.45) is 3.51. The van der Waals surface area contributed by atoms with Gasteiger partial charge in [-0.2, -0.15) is 0 Å². The monoisotopic (exact) mass is 295 g/mol. The third-order valence-electron chi connectivity index (χ3n) is 1.37. The van der Waals surface area contributed by atoms with Gasteiger partial charge >= 0.3 is 0 Å². The summed E-state index contributed by atoms with van der Waals surface area (Å²) in [4.78, 5) is 4.00. The van der Waals surface area contributed by atoms with E-state index in [-0.39, 0.29) is 0 Å². The first-order valence-electron chi connectivity index (χ1n) is 2.96. The number of halogens is 2. The Morgan fingerprint density at radius 3 is 3.00 bits per heavy atom. The molecule has 0 radical (unpaired) electrons. The van der Waals surface area contributed by atoms with Crippen LogP contribution in [0, 0.1) is 2.88 Å². The lowest BCUT2D eigenvalue weighted by molar-refractivity contribution is 1.37. The smallest absolute Gasteiger partial charge is 0.0676 e. The molecule has 0 aliphatic carbocycles. The summed E-state index contributed by atoms with van der Waals surface area (Å²) in [5.74, 6) is 0. The molecular formula is C7H3ClINS. The number of rotatable bonds is 0. The van der Waals surface area contributed by atoms with E-state index in [1.165, 1.54) is 2.88 Å². The first-order chi connectivity index (χ1) is 5.27. The van der Waals surface area contributed by atoms with E-state index in [1.807, 2.05) is 6.20 Å². The highest BCUT2D eigenvalue weighted by Crippen LogP contribution is 2.30. The highest BCUT2D eigenvalue weighted by atomic mass is 127. The van der Waals surface area contributed by atoms with E-state index >= 15 is 0 Å². The second kappa shape index (κ2) is 2.88. The quantitative estimate of drug-likeness (QED) is 0.677. The molecule has 0 aromatic carbocycles. The van der Waals surface area contributed by atoms with E-state index in [0.717, 1.165) is 15.1 Å². The fraction of sp³-hybridized carbons (Fsp3) is 0. The van der Waals surface area contributed by atoms with Gasteiger partial charge in [-0.25, -0.2) is 0 Å². The lowest BCUT2D eigenvalue weighted by atomic mass is 10.3. The van der Waals surface area contributed by atoms with Gasteiger partial charge in [0, 0.05) is 17.8 Å². The van der Waals surface area contributed by atoms with Gasteiger partial charge in [-0.3, -0.25) is 4.98 Å². The van der Waals surface area contributed by atoms with Crippen LogP contribution in [0.2, 0.25) is 5.02 Å². The predicted molar refractivity (Wildman–Crippen MR) is 57.3 cm³/mol. The molecule has 0 aliphatic heterocycles. The number of fused-ring (bicyclic) bond motifs is 1. The van der Waals surface area contributed by atoms with E-state index in [9.17, 15) is 0 Å². The second-order valence-electron chi connectivity index (χ2n) is 2.08. The maximum atomic E-state index is 5.91. The summed E-state index contributed by atoms with van der Waals surface area (Å²) in [7, 11) is 0. The van der Waals surface area contributed by atoms with Gasteiger partial charge in [-0.15, -0.1) is 11.3 Å². The number of nitrogens with zero attached hydrogens (tertiary/aromatic N) is 1. The molecule has 2 heterocycles. The first-order valence-corrected chi connectivity index (χ1v) is 5.23. The van der Waals surface area contributed by atoms with Gasteiger partial charge in [-0.05, 0) is 28.7 Å². The molecule has 0 aliphatic rings. The van der Waals surface area contributed by atoms with E-state index in [4.69, 9.17) is 11.6 Å². The van der Waals surface area contributed by atoms with Crippen molar-refractivity contribution in [2.75, 3.05) is 0 Å². The standard InChI is InChI=1S/C7H3ClINS/c8-5-2-10-3-6-4(5)1-7(9)11-6/h1-3H. The topological polar surface area (TPSA) is 12.9 Å². The van der Waals surface area contributed by atoms with Crippen molar-refractivity contribution < 1.29 is 0 Å². The molecule has 0 fully saturated rings. The summed E-state index contributed by atoms with van der Waals surface area (Å²) in [5, 5.41) is 1.85. The molecule has 1 nitrogen and oxygen atoms in total. The fourth-order valence-corrected chi connectivity index (χ4v) is 2.97. The zero-order valence-corrected chi connectivity index (χ0v) is 9.07. The zero-order chi connectivity index (χ0) is 7.84. The third-order valence-corrected chi connectivity index (χ3v) is 3.50. The van der Waals surface area contributed by atoms with Gasteiger partial charge in [0.25, 0.3) is 0 Å². The minimum atomic E-state index is 0.738. The molecule has 11 heavy (non-hydrogen) atoms. The van der Waals surface area contributed by atoms with Crippen LogP contribution in [0.25, 0.3) is 10.1 Å². The Morgan fingerprint density at radius 1 is 1.45 bits per heavy atom. The minimum absolute atomic E-state index is 0.738. The lowest BCUT2D eigenvalue weighted by Gasteiger charge is -1.88. The van der Waals surface area contributed by atoms with Crippen molar-refractivity contribution in [1.82, 2.24) is 4.98 Å². The largest absolute Gasteiger partial charge is 0.262 e. The second-order valence-corrected chi connectivity index (χ2v) is 5.47. The maximum Gasteiger partial charge on any atom is 0.0676 e. The van der Waals surface area contributed by atoms with Crippen molar-refractivity contribution in [3.8, 4) is 0 Å². The summed E-state index contributed by atoms with van der Waals surface area (Å²) in [6.45, 7) is 0. The lowest BCUT2D eigenvalue weighted by Crippen LogP contribution is -1.69. The van der Waals surface area contributed by atoms with Crippen LogP contribution in [-0.4, -0.2) is 4.98 Å². The Balaban J connectivity index is 2.90. The maximum absolute atomic E-state index is 5.91. The molecule has 0 saturated heterocycles. The van der Waals surface area contributed by atoms with E-state index < -0.39 is 0 Å². The average molecular weight is 296 g/mol. The normalized spacial score (nSPS) is 10.7. The molecule has 0 spiro atoms. The van der Waals surface area contributed by atoms with Gasteiger partial charge in [0.05, 0.1) is 12.6 Å². The Hall–Kier alpha value is 0.130. The average Bonchev–Trinajstić information content (AvgIpc) is 2.31. The van der Waals surface area contributed by atoms with Crippen LogP contribution in [0.15, 0.2) is 18.5 Å². The van der Waals surface area contributed by atoms with Crippen molar-refractivity contribution >= 4 is 55.6 Å². The molecule has 0 saturated carbocycles. The minimum Gasteiger partial charge on any atom is -0.262 e. The molecule has 0 unspecified atom stereocenters. The molecule has 2 aromatic heterocycles. The number of hydrogen-bond donors (Lipinski definition) is 0. The zero-order valence-electron chi connectivity index (χ0n) is 5.34. The molecule has 0 N–H and O–H groups in total.